The Kier molecular flexibility index (Phi) is 5.79. The summed E-state index contributed by atoms with van der Waals surface area (Å²) in [6, 6.07) is 30.0. The van der Waals surface area contributed by atoms with E-state index in [-0.39, 0.29) is 0 Å². The van der Waals surface area contributed by atoms with Crippen molar-refractivity contribution in [3.05, 3.63) is 125 Å². The number of nitrogens with zero attached hydrogens (tertiary/aromatic N) is 1. The fraction of sp³-hybridized carbons (Fsp3) is 0.182. The average Bonchev–Trinajstić information content (AvgIpc) is 3.27. The Morgan fingerprint density at radius 1 is 0.707 bits per heavy atom. The number of para-hydroxylation sites is 1. The monoisotopic (exact) mass is 582 g/mol. The van der Waals surface area contributed by atoms with Crippen LogP contribution in [0.2, 0.25) is 0 Å². The molecule has 3 amide bonds. The van der Waals surface area contributed by atoms with Crippen molar-refractivity contribution in [2.24, 2.45) is 11.8 Å². The maximum atomic E-state index is 14.1. The lowest BCUT2D eigenvalue weighted by atomic mass is 9.54. The van der Waals surface area contributed by atoms with E-state index in [0.29, 0.717) is 17.2 Å². The first-order valence-corrected chi connectivity index (χ1v) is 14.1. The number of hydrogen-bond acceptors (Lipinski definition) is 4. The quantitative estimate of drug-likeness (QED) is 0.218. The van der Waals surface area contributed by atoms with Crippen LogP contribution < -0.4 is 10.1 Å². The van der Waals surface area contributed by atoms with E-state index in [9.17, 15) is 14.4 Å². The molecule has 8 rings (SSSR count). The first-order chi connectivity index (χ1) is 19.8. The number of likely N-dealkylation sites (tertiary alicyclic amines) is 1. The van der Waals surface area contributed by atoms with Gasteiger partial charge in [-0.1, -0.05) is 66.7 Å². The number of amides is 3. The molecule has 1 fully saturated rings. The Labute approximate surface area is 246 Å². The van der Waals surface area contributed by atoms with Gasteiger partial charge in [-0.2, -0.15) is 0 Å². The SMILES string of the molecule is C[C@H](C(=O)Nc1ccc(Oc2ccccc2)cc1)N1C(=O)[C@@H]2[C@H](C1=O)C1(Cl)c3ccccc3C2(Cl)c2ccccc21. The van der Waals surface area contributed by atoms with E-state index in [2.05, 4.69) is 5.32 Å². The minimum atomic E-state index is -1.29. The van der Waals surface area contributed by atoms with Gasteiger partial charge in [-0.3, -0.25) is 19.3 Å². The summed E-state index contributed by atoms with van der Waals surface area (Å²) in [4.78, 5) is 40.0. The van der Waals surface area contributed by atoms with Crippen LogP contribution in [0.5, 0.6) is 11.5 Å². The molecule has 0 aromatic heterocycles. The molecule has 4 aliphatic rings. The third-order valence-corrected chi connectivity index (χ3v) is 9.77. The largest absolute Gasteiger partial charge is 0.457 e. The molecule has 1 heterocycles. The molecule has 1 N–H and O–H groups in total. The lowest BCUT2D eigenvalue weighted by Crippen LogP contribution is -2.57. The van der Waals surface area contributed by atoms with Gasteiger partial charge >= 0.3 is 0 Å². The van der Waals surface area contributed by atoms with Gasteiger partial charge in [0.15, 0.2) is 0 Å². The second-order valence-electron chi connectivity index (χ2n) is 10.6. The molecule has 41 heavy (non-hydrogen) atoms. The average molecular weight is 583 g/mol. The van der Waals surface area contributed by atoms with Crippen LogP contribution in [0.1, 0.15) is 29.2 Å². The van der Waals surface area contributed by atoms with E-state index in [4.69, 9.17) is 27.9 Å². The third kappa shape index (κ3) is 3.54. The number of ether oxygens (including phenoxy) is 1. The molecular formula is C33H24Cl2N2O4. The van der Waals surface area contributed by atoms with Crippen LogP contribution in [0.15, 0.2) is 103 Å². The highest BCUT2D eigenvalue weighted by Crippen LogP contribution is 2.69. The van der Waals surface area contributed by atoms with Crippen molar-refractivity contribution in [3.8, 4) is 11.5 Å². The van der Waals surface area contributed by atoms with Gasteiger partial charge in [0.2, 0.25) is 17.7 Å². The number of halogens is 2. The van der Waals surface area contributed by atoms with Crippen LogP contribution in [-0.4, -0.2) is 28.7 Å². The summed E-state index contributed by atoms with van der Waals surface area (Å²) in [5.41, 5.74) is 3.37. The van der Waals surface area contributed by atoms with Crippen LogP contribution in [0.25, 0.3) is 0 Å². The second kappa shape index (κ2) is 9.20. The van der Waals surface area contributed by atoms with Crippen molar-refractivity contribution in [1.29, 1.82) is 0 Å². The van der Waals surface area contributed by atoms with Gasteiger partial charge < -0.3 is 10.1 Å². The Bertz CT molecular complexity index is 1600. The number of benzene rings is 4. The molecule has 0 spiro atoms. The van der Waals surface area contributed by atoms with Gasteiger partial charge in [-0.25, -0.2) is 0 Å². The zero-order valence-corrected chi connectivity index (χ0v) is 23.4. The van der Waals surface area contributed by atoms with Gasteiger partial charge in [0, 0.05) is 5.69 Å². The number of hydrogen-bond donors (Lipinski definition) is 1. The van der Waals surface area contributed by atoms with E-state index in [1.165, 1.54) is 0 Å². The zero-order valence-electron chi connectivity index (χ0n) is 21.9. The molecule has 0 radical (unpaired) electrons. The number of rotatable bonds is 5. The maximum Gasteiger partial charge on any atom is 0.247 e. The molecule has 8 heteroatoms. The lowest BCUT2D eigenvalue weighted by molar-refractivity contribution is -0.146. The van der Waals surface area contributed by atoms with Crippen molar-refractivity contribution >= 4 is 46.6 Å². The van der Waals surface area contributed by atoms with Crippen molar-refractivity contribution in [3.63, 3.8) is 0 Å². The zero-order chi connectivity index (χ0) is 28.5. The van der Waals surface area contributed by atoms with Gasteiger partial charge in [-0.15, -0.1) is 23.2 Å². The summed E-state index contributed by atoms with van der Waals surface area (Å²) in [5, 5.41) is 2.82. The Morgan fingerprint density at radius 3 is 1.59 bits per heavy atom. The first-order valence-electron chi connectivity index (χ1n) is 13.3. The van der Waals surface area contributed by atoms with Crippen molar-refractivity contribution in [1.82, 2.24) is 4.90 Å². The van der Waals surface area contributed by atoms with Crippen molar-refractivity contribution < 1.29 is 19.1 Å². The Hall–Kier alpha value is -4.13. The number of alkyl halides is 2. The van der Waals surface area contributed by atoms with E-state index in [1.54, 1.807) is 31.2 Å². The van der Waals surface area contributed by atoms with Crippen LogP contribution in [0.3, 0.4) is 0 Å². The van der Waals surface area contributed by atoms with E-state index >= 15 is 0 Å². The topological polar surface area (TPSA) is 75.7 Å². The van der Waals surface area contributed by atoms with Crippen LogP contribution in [0, 0.1) is 11.8 Å². The Balaban J connectivity index is 1.18. The summed E-state index contributed by atoms with van der Waals surface area (Å²) in [6.07, 6.45) is 0. The first kappa shape index (κ1) is 25.8. The predicted molar refractivity (Wildman–Crippen MR) is 156 cm³/mol. The molecule has 3 aliphatic carbocycles. The fourth-order valence-corrected chi connectivity index (χ4v) is 7.76. The summed E-state index contributed by atoms with van der Waals surface area (Å²) in [6.45, 7) is 1.54. The van der Waals surface area contributed by atoms with Gasteiger partial charge in [0.05, 0.1) is 11.8 Å². The third-order valence-electron chi connectivity index (χ3n) is 8.49. The number of carbonyl (C=O) groups is 3. The van der Waals surface area contributed by atoms with Gasteiger partial charge in [0.1, 0.15) is 27.3 Å². The molecular weight excluding hydrogens is 559 g/mol. The number of anilines is 1. The molecule has 4 aromatic carbocycles. The highest BCUT2D eigenvalue weighted by atomic mass is 35.5. The fourth-order valence-electron chi connectivity index (χ4n) is 6.67. The van der Waals surface area contributed by atoms with E-state index in [1.807, 2.05) is 78.9 Å². The normalized spacial score (nSPS) is 26.2. The molecule has 0 saturated carbocycles. The molecule has 6 nitrogen and oxygen atoms in total. The van der Waals surface area contributed by atoms with Crippen LogP contribution in [0.4, 0.5) is 5.69 Å². The highest BCUT2D eigenvalue weighted by Gasteiger charge is 2.73. The summed E-state index contributed by atoms with van der Waals surface area (Å²) in [5.74, 6) is -2.12. The molecule has 0 unspecified atom stereocenters. The Morgan fingerprint density at radius 2 is 1.12 bits per heavy atom. The summed E-state index contributed by atoms with van der Waals surface area (Å²) < 4.78 is 5.81. The maximum absolute atomic E-state index is 14.1. The predicted octanol–water partition coefficient (Wildman–Crippen LogP) is 6.40. The van der Waals surface area contributed by atoms with Gasteiger partial charge in [0.25, 0.3) is 0 Å². The van der Waals surface area contributed by atoms with Crippen LogP contribution in [-0.2, 0) is 24.1 Å². The minimum Gasteiger partial charge on any atom is -0.457 e. The van der Waals surface area contributed by atoms with E-state index < -0.39 is 45.3 Å². The number of nitrogens with one attached hydrogen (secondary N) is 1. The molecule has 1 saturated heterocycles. The van der Waals surface area contributed by atoms with Crippen molar-refractivity contribution in [2.75, 3.05) is 5.32 Å². The second-order valence-corrected chi connectivity index (χ2v) is 11.8. The van der Waals surface area contributed by atoms with Crippen LogP contribution >= 0.6 is 23.2 Å². The molecule has 3 atom stereocenters. The van der Waals surface area contributed by atoms with E-state index in [0.717, 1.165) is 27.2 Å². The van der Waals surface area contributed by atoms with Gasteiger partial charge in [-0.05, 0) is 65.6 Å². The number of carbonyl (C=O) groups excluding carboxylic acids is 3. The standard InChI is InChI=1S/C33H24Cl2N2O4/c1-19(29(38)36-20-15-17-22(18-16-20)41-21-9-3-2-4-10-21)37-30(39)27-28(31(37)40)33(35)24-12-6-5-11-23(24)32(27,34)25-13-7-8-14-26(25)33/h2-19,27-28H,1H3,(H,36,38)/t19-,27-,28+,32?,33?/m1/s1. The lowest BCUT2D eigenvalue weighted by Gasteiger charge is -2.54. The highest BCUT2D eigenvalue weighted by molar-refractivity contribution is 6.36. The molecule has 1 aliphatic heterocycles. The summed E-state index contributed by atoms with van der Waals surface area (Å²) >= 11 is 14.9. The molecule has 4 aromatic rings. The minimum absolute atomic E-state index is 0.501. The number of imide groups is 1. The van der Waals surface area contributed by atoms with Crippen molar-refractivity contribution in [2.45, 2.75) is 22.7 Å². The summed E-state index contributed by atoms with van der Waals surface area (Å²) in [7, 11) is 0. The molecule has 2 bridgehead atoms. The smallest absolute Gasteiger partial charge is 0.247 e. The molecule has 204 valence electrons.